The minimum atomic E-state index is -0.569. The van der Waals surface area contributed by atoms with Crippen LogP contribution >= 0.6 is 11.6 Å². The van der Waals surface area contributed by atoms with E-state index in [0.717, 1.165) is 11.3 Å². The summed E-state index contributed by atoms with van der Waals surface area (Å²) in [5.41, 5.74) is 2.81. The first-order chi connectivity index (χ1) is 11.5. The van der Waals surface area contributed by atoms with E-state index < -0.39 is 5.76 Å². The molecule has 0 aliphatic rings. The van der Waals surface area contributed by atoms with Crippen molar-refractivity contribution in [2.45, 2.75) is 20.4 Å². The smallest absolute Gasteiger partial charge is 0.408 e. The molecule has 124 valence electrons. The Hall–Kier alpha value is -2.53. The van der Waals surface area contributed by atoms with Crippen molar-refractivity contribution in [3.05, 3.63) is 63.6 Å². The van der Waals surface area contributed by atoms with Gasteiger partial charge in [-0.2, -0.15) is 0 Å². The summed E-state index contributed by atoms with van der Waals surface area (Å²) in [5.74, 6) is -0.747. The number of aromatic nitrogens is 1. The fourth-order valence-corrected chi connectivity index (χ4v) is 2.87. The largest absolute Gasteiger partial charge is 0.420 e. The van der Waals surface area contributed by atoms with Gasteiger partial charge in [0.25, 0.3) is 0 Å². The Morgan fingerprint density at radius 1 is 1.25 bits per heavy atom. The van der Waals surface area contributed by atoms with Gasteiger partial charge in [0, 0.05) is 23.3 Å². The molecule has 1 heterocycles. The summed E-state index contributed by atoms with van der Waals surface area (Å²) in [4.78, 5) is 26.4. The zero-order chi connectivity index (χ0) is 17.3. The summed E-state index contributed by atoms with van der Waals surface area (Å²) in [6.45, 7) is 4.30. The number of hydrogen-bond acceptors (Lipinski definition) is 3. The number of aryl methyl sites for hydroxylation is 1. The van der Waals surface area contributed by atoms with Gasteiger partial charge in [0.2, 0.25) is 5.91 Å². The molecule has 0 saturated carbocycles. The second-order valence-corrected chi connectivity index (χ2v) is 5.98. The number of oxazole rings is 1. The van der Waals surface area contributed by atoms with Gasteiger partial charge < -0.3 is 9.32 Å². The van der Waals surface area contributed by atoms with Crippen molar-refractivity contribution in [2.75, 3.05) is 11.4 Å². The fraction of sp³-hybridized carbons (Fsp3) is 0.222. The third kappa shape index (κ3) is 3.08. The molecule has 1 aromatic heterocycles. The van der Waals surface area contributed by atoms with Gasteiger partial charge in [-0.1, -0.05) is 23.7 Å². The first-order valence-electron chi connectivity index (χ1n) is 7.65. The van der Waals surface area contributed by atoms with Crippen molar-refractivity contribution >= 4 is 34.3 Å². The summed E-state index contributed by atoms with van der Waals surface area (Å²) in [6, 6.07) is 12.6. The number of nitrogens with zero attached hydrogens (tertiary/aromatic N) is 2. The summed E-state index contributed by atoms with van der Waals surface area (Å²) in [6.07, 6.45) is 0. The number of anilines is 1. The molecule has 0 N–H and O–H groups in total. The lowest BCUT2D eigenvalue weighted by Crippen LogP contribution is -2.35. The van der Waals surface area contributed by atoms with Gasteiger partial charge in [0.15, 0.2) is 5.58 Å². The van der Waals surface area contributed by atoms with E-state index in [1.165, 1.54) is 4.57 Å². The highest BCUT2D eigenvalue weighted by atomic mass is 35.5. The number of amides is 1. The van der Waals surface area contributed by atoms with Crippen LogP contribution in [0.25, 0.3) is 11.1 Å². The molecule has 6 heteroatoms. The normalized spacial score (nSPS) is 11.0. The quantitative estimate of drug-likeness (QED) is 0.726. The van der Waals surface area contributed by atoms with Crippen LogP contribution in [0.3, 0.4) is 0 Å². The maximum absolute atomic E-state index is 12.7. The summed E-state index contributed by atoms with van der Waals surface area (Å²) in [7, 11) is 0. The van der Waals surface area contributed by atoms with Crippen LogP contribution in [-0.2, 0) is 11.3 Å². The monoisotopic (exact) mass is 344 g/mol. The van der Waals surface area contributed by atoms with Gasteiger partial charge in [-0.15, -0.1) is 0 Å². The van der Waals surface area contributed by atoms with Crippen LogP contribution in [0.2, 0.25) is 5.02 Å². The predicted molar refractivity (Wildman–Crippen MR) is 94.7 cm³/mol. The van der Waals surface area contributed by atoms with Gasteiger partial charge in [-0.05, 0) is 43.7 Å². The van der Waals surface area contributed by atoms with Gasteiger partial charge in [0.1, 0.15) is 6.54 Å². The molecule has 0 fully saturated rings. The van der Waals surface area contributed by atoms with Crippen molar-refractivity contribution < 1.29 is 9.21 Å². The van der Waals surface area contributed by atoms with Crippen molar-refractivity contribution in [1.82, 2.24) is 4.57 Å². The second kappa shape index (κ2) is 6.53. The topological polar surface area (TPSA) is 55.5 Å². The van der Waals surface area contributed by atoms with Crippen LogP contribution in [0, 0.1) is 6.92 Å². The first-order valence-corrected chi connectivity index (χ1v) is 8.03. The van der Waals surface area contributed by atoms with Crippen LogP contribution in [0.5, 0.6) is 0 Å². The Morgan fingerprint density at radius 2 is 2.04 bits per heavy atom. The van der Waals surface area contributed by atoms with E-state index in [1.807, 2.05) is 38.1 Å². The number of rotatable bonds is 4. The molecule has 0 radical (unpaired) electrons. The van der Waals surface area contributed by atoms with E-state index in [2.05, 4.69) is 0 Å². The van der Waals surface area contributed by atoms with E-state index in [1.54, 1.807) is 23.1 Å². The molecule has 3 aromatic rings. The zero-order valence-corrected chi connectivity index (χ0v) is 14.2. The minimum Gasteiger partial charge on any atom is -0.408 e. The summed E-state index contributed by atoms with van der Waals surface area (Å²) >= 11 is 5.91. The van der Waals surface area contributed by atoms with Gasteiger partial charge >= 0.3 is 5.76 Å². The average molecular weight is 345 g/mol. The zero-order valence-electron chi connectivity index (χ0n) is 13.5. The molecule has 0 aliphatic heterocycles. The van der Waals surface area contributed by atoms with Gasteiger partial charge in [0.05, 0.1) is 5.52 Å². The second-order valence-electron chi connectivity index (χ2n) is 5.54. The van der Waals surface area contributed by atoms with Gasteiger partial charge in [-0.25, -0.2) is 4.79 Å². The standard InChI is InChI=1S/C18H17ClN2O3/c1-3-20(14-6-4-5-12(2)9-14)17(22)11-21-15-8-7-13(19)10-16(15)24-18(21)23/h4-10H,3,11H2,1-2H3. The summed E-state index contributed by atoms with van der Waals surface area (Å²) in [5, 5.41) is 0.477. The lowest BCUT2D eigenvalue weighted by molar-refractivity contribution is -0.119. The van der Waals surface area contributed by atoms with Crippen molar-refractivity contribution in [1.29, 1.82) is 0 Å². The molecule has 0 spiro atoms. The minimum absolute atomic E-state index is 0.0880. The molecular formula is C18H17ClN2O3. The van der Waals surface area contributed by atoms with E-state index in [9.17, 15) is 9.59 Å². The highest BCUT2D eigenvalue weighted by Gasteiger charge is 2.18. The Balaban J connectivity index is 1.94. The molecule has 0 saturated heterocycles. The number of hydrogen-bond donors (Lipinski definition) is 0. The fourth-order valence-electron chi connectivity index (χ4n) is 2.71. The maximum Gasteiger partial charge on any atom is 0.420 e. The summed E-state index contributed by atoms with van der Waals surface area (Å²) < 4.78 is 6.50. The molecule has 2 aromatic carbocycles. The average Bonchev–Trinajstić information content (AvgIpc) is 2.83. The Bertz CT molecular complexity index is 958. The molecule has 3 rings (SSSR count). The number of benzene rings is 2. The number of fused-ring (bicyclic) bond motifs is 1. The van der Waals surface area contributed by atoms with Crippen LogP contribution in [0.4, 0.5) is 5.69 Å². The molecule has 1 amide bonds. The molecule has 5 nitrogen and oxygen atoms in total. The van der Waals surface area contributed by atoms with Crippen LogP contribution in [0.1, 0.15) is 12.5 Å². The number of likely N-dealkylation sites (N-methyl/N-ethyl adjacent to an activating group) is 1. The molecule has 0 bridgehead atoms. The Kier molecular flexibility index (Phi) is 4.44. The predicted octanol–water partition coefficient (Wildman–Crippen LogP) is 3.61. The lowest BCUT2D eigenvalue weighted by atomic mass is 10.2. The SMILES string of the molecule is CCN(C(=O)Cn1c(=O)oc2cc(Cl)ccc21)c1cccc(C)c1. The van der Waals surface area contributed by atoms with E-state index in [0.29, 0.717) is 22.7 Å². The van der Waals surface area contributed by atoms with Crippen LogP contribution < -0.4 is 10.7 Å². The molecule has 0 atom stereocenters. The first kappa shape index (κ1) is 16.3. The molecular weight excluding hydrogens is 328 g/mol. The number of halogens is 1. The van der Waals surface area contributed by atoms with E-state index in [4.69, 9.17) is 16.0 Å². The lowest BCUT2D eigenvalue weighted by Gasteiger charge is -2.21. The van der Waals surface area contributed by atoms with Crippen LogP contribution in [0.15, 0.2) is 51.7 Å². The highest BCUT2D eigenvalue weighted by Crippen LogP contribution is 2.20. The molecule has 24 heavy (non-hydrogen) atoms. The Morgan fingerprint density at radius 3 is 2.75 bits per heavy atom. The highest BCUT2D eigenvalue weighted by molar-refractivity contribution is 6.31. The number of carbonyl (C=O) groups is 1. The van der Waals surface area contributed by atoms with Crippen molar-refractivity contribution in [3.63, 3.8) is 0 Å². The third-order valence-corrected chi connectivity index (χ3v) is 4.09. The van der Waals surface area contributed by atoms with Crippen LogP contribution in [-0.4, -0.2) is 17.0 Å². The van der Waals surface area contributed by atoms with Crippen molar-refractivity contribution in [3.8, 4) is 0 Å². The van der Waals surface area contributed by atoms with E-state index in [-0.39, 0.29) is 12.5 Å². The van der Waals surface area contributed by atoms with E-state index >= 15 is 0 Å². The third-order valence-electron chi connectivity index (χ3n) is 3.85. The van der Waals surface area contributed by atoms with Crippen molar-refractivity contribution in [2.24, 2.45) is 0 Å². The molecule has 0 unspecified atom stereocenters. The maximum atomic E-state index is 12.7. The Labute approximate surface area is 144 Å². The molecule has 0 aliphatic carbocycles. The number of carbonyl (C=O) groups excluding carboxylic acids is 1. The van der Waals surface area contributed by atoms with Gasteiger partial charge in [-0.3, -0.25) is 9.36 Å².